The highest BCUT2D eigenvalue weighted by molar-refractivity contribution is 5.16. The largest absolute Gasteiger partial charge is 0.393 e. The lowest BCUT2D eigenvalue weighted by Crippen LogP contribution is -2.40. The van der Waals surface area contributed by atoms with Gasteiger partial charge in [0.2, 0.25) is 0 Å². The van der Waals surface area contributed by atoms with Gasteiger partial charge in [-0.05, 0) is 48.9 Å². The van der Waals surface area contributed by atoms with Crippen LogP contribution < -0.4 is 0 Å². The van der Waals surface area contributed by atoms with Crippen molar-refractivity contribution < 1.29 is 14.9 Å². The fourth-order valence-electron chi connectivity index (χ4n) is 4.76. The van der Waals surface area contributed by atoms with Gasteiger partial charge in [-0.1, -0.05) is 20.8 Å². The van der Waals surface area contributed by atoms with Crippen molar-refractivity contribution in [1.29, 1.82) is 0 Å². The van der Waals surface area contributed by atoms with Gasteiger partial charge in [-0.15, -0.1) is 0 Å². The van der Waals surface area contributed by atoms with Gasteiger partial charge in [0.1, 0.15) is 5.60 Å². The predicted molar refractivity (Wildman–Crippen MR) is 69.1 cm³/mol. The number of fused-ring (bicyclic) bond motifs is 3. The van der Waals surface area contributed by atoms with Crippen LogP contribution in [0.15, 0.2) is 0 Å². The van der Waals surface area contributed by atoms with Gasteiger partial charge in [0.15, 0.2) is 0 Å². The number of rotatable bonds is 2. The van der Waals surface area contributed by atoms with Crippen molar-refractivity contribution in [2.45, 2.75) is 64.3 Å². The fraction of sp³-hybridized carbons (Fsp3) is 1.00. The molecule has 3 aliphatic rings. The van der Waals surface area contributed by atoms with E-state index in [4.69, 9.17) is 4.74 Å². The summed E-state index contributed by atoms with van der Waals surface area (Å²) in [6.45, 7) is 6.90. The van der Waals surface area contributed by atoms with Gasteiger partial charge < -0.3 is 14.9 Å². The molecule has 0 aromatic rings. The van der Waals surface area contributed by atoms with Crippen molar-refractivity contribution in [1.82, 2.24) is 0 Å². The zero-order valence-electron chi connectivity index (χ0n) is 11.7. The Bertz CT molecular complexity index is 343. The molecule has 3 nitrogen and oxygen atoms in total. The number of aliphatic hydroxyl groups is 2. The van der Waals surface area contributed by atoms with Gasteiger partial charge in [-0.3, -0.25) is 0 Å². The molecule has 2 saturated carbocycles. The second kappa shape index (κ2) is 3.94. The van der Waals surface area contributed by atoms with Crippen LogP contribution in [0, 0.1) is 23.2 Å². The van der Waals surface area contributed by atoms with Crippen molar-refractivity contribution in [3.63, 3.8) is 0 Å². The van der Waals surface area contributed by atoms with Crippen LogP contribution in [0.5, 0.6) is 0 Å². The summed E-state index contributed by atoms with van der Waals surface area (Å²) in [6, 6.07) is 0. The number of aliphatic hydroxyl groups excluding tert-OH is 2. The maximum atomic E-state index is 10.5. The Morgan fingerprint density at radius 3 is 2.61 bits per heavy atom. The number of hydrogen-bond acceptors (Lipinski definition) is 3. The van der Waals surface area contributed by atoms with Crippen LogP contribution in [0.2, 0.25) is 0 Å². The van der Waals surface area contributed by atoms with Crippen LogP contribution in [-0.4, -0.2) is 34.6 Å². The molecule has 1 saturated heterocycles. The molecule has 6 atom stereocenters. The van der Waals surface area contributed by atoms with Crippen molar-refractivity contribution in [2.75, 3.05) is 6.61 Å². The average Bonchev–Trinajstić information content (AvgIpc) is 2.95. The van der Waals surface area contributed by atoms with Gasteiger partial charge in [0.25, 0.3) is 0 Å². The van der Waals surface area contributed by atoms with Crippen molar-refractivity contribution in [3.8, 4) is 0 Å². The van der Waals surface area contributed by atoms with E-state index < -0.39 is 0 Å². The van der Waals surface area contributed by atoms with E-state index in [1.54, 1.807) is 0 Å². The molecule has 0 radical (unpaired) electrons. The Morgan fingerprint density at radius 1 is 1.28 bits per heavy atom. The summed E-state index contributed by atoms with van der Waals surface area (Å²) < 4.78 is 5.94. The van der Waals surface area contributed by atoms with Gasteiger partial charge in [-0.25, -0.2) is 0 Å². The van der Waals surface area contributed by atoms with Crippen LogP contribution in [0.25, 0.3) is 0 Å². The molecule has 1 heterocycles. The quantitative estimate of drug-likeness (QED) is 0.741. The van der Waals surface area contributed by atoms with E-state index >= 15 is 0 Å². The van der Waals surface area contributed by atoms with E-state index in [0.717, 1.165) is 19.3 Å². The van der Waals surface area contributed by atoms with Crippen LogP contribution in [0.3, 0.4) is 0 Å². The standard InChI is InChI=1S/C15H26O3/c1-9(2)10-4-6-14(3)11(17)5-7-15(8-16)13(18-15)12(10)14/h9-13,16-17H,4-8H2,1-3H3. The molecule has 0 aromatic heterocycles. The second-order valence-corrected chi connectivity index (χ2v) is 7.29. The molecule has 0 spiro atoms. The maximum Gasteiger partial charge on any atom is 0.118 e. The molecule has 3 heteroatoms. The van der Waals surface area contributed by atoms with E-state index in [1.165, 1.54) is 6.42 Å². The second-order valence-electron chi connectivity index (χ2n) is 7.29. The Kier molecular flexibility index (Phi) is 2.82. The minimum atomic E-state index is -0.319. The molecule has 18 heavy (non-hydrogen) atoms. The van der Waals surface area contributed by atoms with Gasteiger partial charge in [-0.2, -0.15) is 0 Å². The molecule has 1 aliphatic heterocycles. The molecule has 6 unspecified atom stereocenters. The molecule has 3 fully saturated rings. The zero-order chi connectivity index (χ0) is 13.1. The smallest absolute Gasteiger partial charge is 0.118 e. The third-order valence-electron chi connectivity index (χ3n) is 6.11. The lowest BCUT2D eigenvalue weighted by atomic mass is 9.69. The Labute approximate surface area is 110 Å². The average molecular weight is 254 g/mol. The molecule has 0 amide bonds. The minimum absolute atomic E-state index is 0.00692. The number of epoxide rings is 1. The van der Waals surface area contributed by atoms with E-state index in [9.17, 15) is 10.2 Å². The summed E-state index contributed by atoms with van der Waals surface area (Å²) in [5.74, 6) is 1.67. The molecular formula is C15H26O3. The first-order valence-corrected chi connectivity index (χ1v) is 7.41. The summed E-state index contributed by atoms with van der Waals surface area (Å²) in [4.78, 5) is 0. The monoisotopic (exact) mass is 254 g/mol. The summed E-state index contributed by atoms with van der Waals surface area (Å²) in [5.41, 5.74) is -0.325. The summed E-state index contributed by atoms with van der Waals surface area (Å²) in [6.07, 6.45) is 3.83. The molecule has 2 aliphatic carbocycles. The Balaban J connectivity index is 1.95. The topological polar surface area (TPSA) is 53.0 Å². The highest BCUT2D eigenvalue weighted by Crippen LogP contribution is 2.63. The first-order valence-electron chi connectivity index (χ1n) is 7.41. The van der Waals surface area contributed by atoms with Crippen molar-refractivity contribution in [3.05, 3.63) is 0 Å². The molecule has 3 rings (SSSR count). The van der Waals surface area contributed by atoms with Crippen LogP contribution in [0.1, 0.15) is 46.5 Å². The van der Waals surface area contributed by atoms with Gasteiger partial charge >= 0.3 is 0 Å². The Hall–Kier alpha value is -0.120. The zero-order valence-corrected chi connectivity index (χ0v) is 11.7. The van der Waals surface area contributed by atoms with Crippen molar-refractivity contribution in [2.24, 2.45) is 23.2 Å². The van der Waals surface area contributed by atoms with Crippen molar-refractivity contribution >= 4 is 0 Å². The summed E-state index contributed by atoms with van der Waals surface area (Å²) in [5, 5.41) is 20.2. The van der Waals surface area contributed by atoms with E-state index in [2.05, 4.69) is 20.8 Å². The third-order valence-corrected chi connectivity index (χ3v) is 6.11. The minimum Gasteiger partial charge on any atom is -0.393 e. The van der Waals surface area contributed by atoms with Crippen LogP contribution >= 0.6 is 0 Å². The van der Waals surface area contributed by atoms with Gasteiger partial charge in [0, 0.05) is 0 Å². The predicted octanol–water partition coefficient (Wildman–Crippen LogP) is 1.96. The third kappa shape index (κ3) is 1.53. The SMILES string of the molecule is CC(C)C1CCC2(C)C(O)CCC3(CO)OC3C12. The summed E-state index contributed by atoms with van der Waals surface area (Å²) >= 11 is 0. The fourth-order valence-corrected chi connectivity index (χ4v) is 4.76. The summed E-state index contributed by atoms with van der Waals surface area (Å²) in [7, 11) is 0. The highest BCUT2D eigenvalue weighted by atomic mass is 16.6. The molecule has 0 bridgehead atoms. The Morgan fingerprint density at radius 2 is 2.00 bits per heavy atom. The highest BCUT2D eigenvalue weighted by Gasteiger charge is 2.69. The molecule has 0 aromatic carbocycles. The first-order chi connectivity index (χ1) is 8.44. The molecular weight excluding hydrogens is 228 g/mol. The molecule has 2 N–H and O–H groups in total. The first kappa shape index (κ1) is 12.9. The van der Waals surface area contributed by atoms with E-state index in [0.29, 0.717) is 17.8 Å². The van der Waals surface area contributed by atoms with E-state index in [-0.39, 0.29) is 29.8 Å². The normalized spacial score (nSPS) is 55.0. The van der Waals surface area contributed by atoms with Crippen LogP contribution in [0.4, 0.5) is 0 Å². The lowest BCUT2D eigenvalue weighted by Gasteiger charge is -2.37. The lowest BCUT2D eigenvalue weighted by molar-refractivity contribution is -0.0203. The number of ether oxygens (including phenoxy) is 1. The maximum absolute atomic E-state index is 10.5. The molecule has 104 valence electrons. The van der Waals surface area contributed by atoms with Gasteiger partial charge in [0.05, 0.1) is 18.8 Å². The van der Waals surface area contributed by atoms with Crippen LogP contribution in [-0.2, 0) is 4.74 Å². The number of hydrogen-bond donors (Lipinski definition) is 2. The van der Waals surface area contributed by atoms with E-state index in [1.807, 2.05) is 0 Å².